The molecule has 0 aromatic carbocycles. The molecule has 3 amide bonds. The number of nitrogens with one attached hydrogen (secondary N) is 1. The van der Waals surface area contributed by atoms with Gasteiger partial charge in [-0.05, 0) is 24.5 Å². The molecule has 5 nitrogen and oxygen atoms in total. The first-order valence-corrected chi connectivity index (χ1v) is 6.99. The van der Waals surface area contributed by atoms with E-state index in [1.807, 2.05) is 0 Å². The average molecular weight is 313 g/mol. The van der Waals surface area contributed by atoms with E-state index in [0.29, 0.717) is 12.3 Å². The summed E-state index contributed by atoms with van der Waals surface area (Å²) in [4.78, 5) is 28.4. The van der Waals surface area contributed by atoms with E-state index in [2.05, 4.69) is 10.3 Å². The van der Waals surface area contributed by atoms with Gasteiger partial charge in [0.2, 0.25) is 0 Å². The van der Waals surface area contributed by atoms with E-state index in [0.717, 1.165) is 23.8 Å². The zero-order valence-electron chi connectivity index (χ0n) is 11.6. The first-order valence-electron chi connectivity index (χ1n) is 6.99. The summed E-state index contributed by atoms with van der Waals surface area (Å²) >= 11 is 0. The molecule has 118 valence electrons. The lowest BCUT2D eigenvalue weighted by Gasteiger charge is -2.13. The number of alkyl halides is 3. The van der Waals surface area contributed by atoms with Crippen molar-refractivity contribution in [3.8, 4) is 0 Å². The SMILES string of the molecule is O=C1NC(CC2CC2)C(=O)N1Cc1cccc(C(F)(F)F)n1. The van der Waals surface area contributed by atoms with Crippen molar-refractivity contribution in [2.75, 3.05) is 0 Å². The van der Waals surface area contributed by atoms with Crippen LogP contribution in [0.25, 0.3) is 0 Å². The Labute approximate surface area is 124 Å². The second-order valence-electron chi connectivity index (χ2n) is 5.62. The van der Waals surface area contributed by atoms with Gasteiger partial charge in [-0.3, -0.25) is 9.69 Å². The van der Waals surface area contributed by atoms with Crippen molar-refractivity contribution in [2.45, 2.75) is 38.0 Å². The first kappa shape index (κ1) is 14.8. The number of rotatable bonds is 4. The van der Waals surface area contributed by atoms with E-state index in [-0.39, 0.29) is 12.2 Å². The molecule has 1 aromatic rings. The van der Waals surface area contributed by atoms with E-state index in [9.17, 15) is 22.8 Å². The van der Waals surface area contributed by atoms with Gasteiger partial charge < -0.3 is 5.32 Å². The Balaban J connectivity index is 1.72. The number of aromatic nitrogens is 1. The van der Waals surface area contributed by atoms with Gasteiger partial charge in [0.15, 0.2) is 0 Å². The summed E-state index contributed by atoms with van der Waals surface area (Å²) in [6.07, 6.45) is -1.86. The van der Waals surface area contributed by atoms with Gasteiger partial charge in [-0.15, -0.1) is 0 Å². The number of carbonyl (C=O) groups is 2. The van der Waals surface area contributed by atoms with E-state index in [1.165, 1.54) is 12.1 Å². The summed E-state index contributed by atoms with van der Waals surface area (Å²) in [6.45, 7) is -0.254. The molecule has 2 fully saturated rings. The molecule has 1 N–H and O–H groups in total. The van der Waals surface area contributed by atoms with E-state index in [1.54, 1.807) is 0 Å². The molecule has 1 saturated carbocycles. The van der Waals surface area contributed by atoms with Gasteiger partial charge >= 0.3 is 12.2 Å². The van der Waals surface area contributed by atoms with Crippen LogP contribution in [0.3, 0.4) is 0 Å². The van der Waals surface area contributed by atoms with Gasteiger partial charge in [0.25, 0.3) is 5.91 Å². The number of urea groups is 1. The third kappa shape index (κ3) is 3.05. The van der Waals surface area contributed by atoms with Crippen molar-refractivity contribution >= 4 is 11.9 Å². The third-order valence-corrected chi connectivity index (χ3v) is 3.79. The van der Waals surface area contributed by atoms with Crippen molar-refractivity contribution in [1.82, 2.24) is 15.2 Å². The molecule has 1 saturated heterocycles. The van der Waals surface area contributed by atoms with Gasteiger partial charge in [0, 0.05) is 0 Å². The van der Waals surface area contributed by atoms with Crippen molar-refractivity contribution in [3.63, 3.8) is 0 Å². The summed E-state index contributed by atoms with van der Waals surface area (Å²) in [5.41, 5.74) is -1.00. The van der Waals surface area contributed by atoms with Gasteiger partial charge in [0.05, 0.1) is 12.2 Å². The summed E-state index contributed by atoms with van der Waals surface area (Å²) in [7, 11) is 0. The number of hydrogen-bond acceptors (Lipinski definition) is 3. The van der Waals surface area contributed by atoms with Crippen LogP contribution in [0.4, 0.5) is 18.0 Å². The molecule has 0 spiro atoms. The minimum absolute atomic E-state index is 0.0328. The summed E-state index contributed by atoms with van der Waals surface area (Å²) in [6, 6.07) is 2.29. The number of carbonyl (C=O) groups excluding carboxylic acids is 2. The molecule has 0 radical (unpaired) electrons. The molecule has 0 bridgehead atoms. The molecule has 3 rings (SSSR count). The maximum absolute atomic E-state index is 12.6. The Kier molecular flexibility index (Phi) is 3.54. The predicted octanol–water partition coefficient (Wildman–Crippen LogP) is 2.32. The normalized spacial score (nSPS) is 22.1. The number of halogens is 3. The standard InChI is InChI=1S/C14H14F3N3O2/c15-14(16,17)11-3-1-2-9(18-11)7-20-12(21)10(19-13(20)22)6-8-4-5-8/h1-3,8,10H,4-7H2,(H,19,22). The van der Waals surface area contributed by atoms with Crippen LogP contribution in [0.2, 0.25) is 0 Å². The number of hydrogen-bond donors (Lipinski definition) is 1. The zero-order chi connectivity index (χ0) is 15.9. The van der Waals surface area contributed by atoms with Crippen LogP contribution in [0.5, 0.6) is 0 Å². The smallest absolute Gasteiger partial charge is 0.326 e. The summed E-state index contributed by atoms with van der Waals surface area (Å²) < 4.78 is 37.9. The molecule has 1 aliphatic carbocycles. The highest BCUT2D eigenvalue weighted by atomic mass is 19.4. The average Bonchev–Trinajstić information content (AvgIpc) is 3.22. The first-order chi connectivity index (χ1) is 10.3. The lowest BCUT2D eigenvalue weighted by Crippen LogP contribution is -2.31. The fraction of sp³-hybridized carbons (Fsp3) is 0.500. The van der Waals surface area contributed by atoms with E-state index >= 15 is 0 Å². The fourth-order valence-corrected chi connectivity index (χ4v) is 2.46. The Morgan fingerprint density at radius 3 is 2.64 bits per heavy atom. The van der Waals surface area contributed by atoms with Crippen molar-refractivity contribution in [3.05, 3.63) is 29.6 Å². The van der Waals surface area contributed by atoms with Crippen LogP contribution in [0, 0.1) is 5.92 Å². The zero-order valence-corrected chi connectivity index (χ0v) is 11.6. The Morgan fingerprint density at radius 1 is 1.27 bits per heavy atom. The Bertz CT molecular complexity index is 614. The van der Waals surface area contributed by atoms with Crippen molar-refractivity contribution in [2.24, 2.45) is 5.92 Å². The van der Waals surface area contributed by atoms with E-state index < -0.39 is 29.9 Å². The van der Waals surface area contributed by atoms with E-state index in [4.69, 9.17) is 0 Å². The highest BCUT2D eigenvalue weighted by molar-refractivity contribution is 6.04. The molecule has 1 aromatic heterocycles. The molecule has 2 heterocycles. The molecule has 1 unspecified atom stereocenters. The second kappa shape index (κ2) is 5.26. The summed E-state index contributed by atoms with van der Waals surface area (Å²) in [5.74, 6) is 0.0667. The van der Waals surface area contributed by atoms with Crippen LogP contribution < -0.4 is 5.32 Å². The maximum Gasteiger partial charge on any atom is 0.433 e. The minimum atomic E-state index is -4.55. The Morgan fingerprint density at radius 2 is 2.00 bits per heavy atom. The van der Waals surface area contributed by atoms with Gasteiger partial charge in [-0.2, -0.15) is 13.2 Å². The number of pyridine rings is 1. The lowest BCUT2D eigenvalue weighted by molar-refractivity contribution is -0.141. The molecular formula is C14H14F3N3O2. The van der Waals surface area contributed by atoms with Gasteiger partial charge in [-0.1, -0.05) is 18.9 Å². The van der Waals surface area contributed by atoms with Crippen molar-refractivity contribution in [1.29, 1.82) is 0 Å². The highest BCUT2D eigenvalue weighted by Crippen LogP contribution is 2.35. The largest absolute Gasteiger partial charge is 0.433 e. The molecule has 22 heavy (non-hydrogen) atoms. The lowest BCUT2D eigenvalue weighted by atomic mass is 10.1. The minimum Gasteiger partial charge on any atom is -0.326 e. The number of amides is 3. The topological polar surface area (TPSA) is 62.3 Å². The molecule has 1 atom stereocenters. The van der Waals surface area contributed by atoms with Crippen LogP contribution >= 0.6 is 0 Å². The molecular weight excluding hydrogens is 299 g/mol. The summed E-state index contributed by atoms with van der Waals surface area (Å²) in [5, 5.41) is 2.58. The number of imide groups is 1. The quantitative estimate of drug-likeness (QED) is 0.868. The van der Waals surface area contributed by atoms with Crippen LogP contribution in [0.15, 0.2) is 18.2 Å². The van der Waals surface area contributed by atoms with Gasteiger partial charge in [-0.25, -0.2) is 9.78 Å². The van der Waals surface area contributed by atoms with Gasteiger partial charge in [0.1, 0.15) is 11.7 Å². The van der Waals surface area contributed by atoms with Crippen LogP contribution in [0.1, 0.15) is 30.7 Å². The van der Waals surface area contributed by atoms with Crippen molar-refractivity contribution < 1.29 is 22.8 Å². The van der Waals surface area contributed by atoms with Crippen LogP contribution in [-0.2, 0) is 17.5 Å². The second-order valence-corrected chi connectivity index (χ2v) is 5.62. The molecule has 2 aliphatic rings. The number of nitrogens with zero attached hydrogens (tertiary/aromatic N) is 2. The fourth-order valence-electron chi connectivity index (χ4n) is 2.46. The predicted molar refractivity (Wildman–Crippen MR) is 69.4 cm³/mol. The highest BCUT2D eigenvalue weighted by Gasteiger charge is 2.41. The monoisotopic (exact) mass is 313 g/mol. The Hall–Kier alpha value is -2.12. The maximum atomic E-state index is 12.6. The molecule has 8 heteroatoms. The molecule has 1 aliphatic heterocycles. The third-order valence-electron chi connectivity index (χ3n) is 3.79. The van der Waals surface area contributed by atoms with Crippen LogP contribution in [-0.4, -0.2) is 27.9 Å².